The van der Waals surface area contributed by atoms with Gasteiger partial charge in [-0.25, -0.2) is 9.97 Å². The lowest BCUT2D eigenvalue weighted by Gasteiger charge is -2.40. The van der Waals surface area contributed by atoms with Gasteiger partial charge in [0.2, 0.25) is 0 Å². The van der Waals surface area contributed by atoms with Crippen LogP contribution in [0.5, 0.6) is 0 Å². The number of nitrogen functional groups attached to an aromatic ring is 1. The molecule has 29 heavy (non-hydrogen) atoms. The van der Waals surface area contributed by atoms with Crippen LogP contribution in [-0.2, 0) is 5.66 Å². The molecule has 0 bridgehead atoms. The molecule has 2 aliphatic carbocycles. The molecule has 0 unspecified atom stereocenters. The maximum atomic E-state index is 13.4. The number of anilines is 3. The molecule has 2 aromatic rings. The van der Waals surface area contributed by atoms with E-state index in [1.165, 1.54) is 6.33 Å². The minimum Gasteiger partial charge on any atom is -0.384 e. The Morgan fingerprint density at radius 1 is 1.17 bits per heavy atom. The Bertz CT molecular complexity index is 1100. The molecule has 3 aliphatic rings. The van der Waals surface area contributed by atoms with E-state index in [-0.39, 0.29) is 16.9 Å². The maximum absolute atomic E-state index is 13.4. The van der Waals surface area contributed by atoms with E-state index >= 15 is 0 Å². The Morgan fingerprint density at radius 2 is 1.86 bits per heavy atom. The van der Waals surface area contributed by atoms with Crippen LogP contribution in [0, 0.1) is 12.3 Å². The zero-order chi connectivity index (χ0) is 20.6. The number of nitrogens with zero attached hydrogens (tertiary/aromatic N) is 3. The van der Waals surface area contributed by atoms with E-state index in [1.807, 2.05) is 6.92 Å². The smallest absolute Gasteiger partial charge is 0.276 e. The summed E-state index contributed by atoms with van der Waals surface area (Å²) in [5.41, 5.74) is 6.04. The molecule has 0 atom stereocenters. The van der Waals surface area contributed by atoms with Crippen molar-refractivity contribution in [3.05, 3.63) is 40.1 Å². The molecule has 1 aliphatic heterocycles. The average Bonchev–Trinajstić information content (AvgIpc) is 3.05. The van der Waals surface area contributed by atoms with Crippen LogP contribution in [0.2, 0.25) is 5.21 Å². The van der Waals surface area contributed by atoms with Crippen LogP contribution >= 0.6 is 0 Å². The van der Waals surface area contributed by atoms with Crippen LogP contribution in [0.1, 0.15) is 48.2 Å². The molecule has 10 heteroatoms. The monoisotopic (exact) mass is 386 g/mol. The summed E-state index contributed by atoms with van der Waals surface area (Å²) in [6, 6.07) is 3.21. The second-order valence-corrected chi connectivity index (χ2v) is 8.67. The van der Waals surface area contributed by atoms with Gasteiger partial charge in [0, 0.05) is 6.07 Å². The number of hydrogen-bond donors (Lipinski definition) is 3. The maximum Gasteiger partial charge on any atom is 0.276 e. The van der Waals surface area contributed by atoms with Crippen molar-refractivity contribution in [3.63, 3.8) is 0 Å². The summed E-state index contributed by atoms with van der Waals surface area (Å²) in [5, 5.41) is 5.46. The molecule has 5 rings (SSSR count). The van der Waals surface area contributed by atoms with E-state index < -0.39 is 10.9 Å². The Kier molecular flexibility index (Phi) is 3.56. The van der Waals surface area contributed by atoms with Gasteiger partial charge in [-0.3, -0.25) is 14.2 Å². The number of aryl methyl sites for hydroxylation is 1. The minimum absolute atomic E-state index is 0.0846. The highest BCUT2D eigenvalue weighted by atomic mass is 16.2. The van der Waals surface area contributed by atoms with Crippen molar-refractivity contribution in [1.82, 2.24) is 19.9 Å². The van der Waals surface area contributed by atoms with Crippen molar-refractivity contribution in [2.45, 2.75) is 49.9 Å². The van der Waals surface area contributed by atoms with Crippen LogP contribution in [0.15, 0.2) is 23.3 Å². The predicted molar refractivity (Wildman–Crippen MR) is 110 cm³/mol. The Labute approximate surface area is 170 Å². The van der Waals surface area contributed by atoms with Gasteiger partial charge < -0.3 is 16.4 Å². The summed E-state index contributed by atoms with van der Waals surface area (Å²) < 4.78 is 1.61. The van der Waals surface area contributed by atoms with Gasteiger partial charge in [-0.05, 0) is 49.7 Å². The number of aromatic nitrogens is 3. The quantitative estimate of drug-likeness (QED) is 0.666. The number of nitrogens with two attached hydrogens (primary N) is 1. The summed E-state index contributed by atoms with van der Waals surface area (Å²) in [6.07, 6.45) is 4.87. The second kappa shape index (κ2) is 5.64. The van der Waals surface area contributed by atoms with E-state index in [9.17, 15) is 9.59 Å². The van der Waals surface area contributed by atoms with E-state index in [2.05, 4.69) is 20.6 Å². The summed E-state index contributed by atoms with van der Waals surface area (Å²) >= 11 is 0. The standard InChI is InChI=1S/C19H20B2N6O2/c1-10-6-11(25-13-7-12(22)23-9-24-13)16(29)27-14(10)15(28)26-18(27)4-2-17(3-5-18)8-19(17,20)21/h6-7,9H,2-5,8H2,1H3,(H,26,28)(H3,22,23,24,25). The van der Waals surface area contributed by atoms with Gasteiger partial charge >= 0.3 is 0 Å². The number of hydrogen-bond acceptors (Lipinski definition) is 6. The van der Waals surface area contributed by atoms with Crippen LogP contribution < -0.4 is 21.9 Å². The normalized spacial score (nSPS) is 28.9. The van der Waals surface area contributed by atoms with Gasteiger partial charge in [-0.15, -0.1) is 0 Å². The zero-order valence-electron chi connectivity index (χ0n) is 16.2. The molecule has 8 nitrogen and oxygen atoms in total. The fraction of sp³-hybridized carbons (Fsp3) is 0.474. The number of pyridine rings is 1. The Hall–Kier alpha value is -2.77. The first-order chi connectivity index (χ1) is 13.7. The number of carbonyl (C=O) groups excluding carboxylic acids is 1. The molecule has 2 fully saturated rings. The SMILES string of the molecule is [B]C1([B])CC12CCC1(CC2)NC(=O)c2c(C)cc(Nc3cc(N)ncn3)c(=O)n21. The van der Waals surface area contributed by atoms with Crippen molar-refractivity contribution in [1.29, 1.82) is 0 Å². The molecule has 3 heterocycles. The third-order valence-electron chi connectivity index (χ3n) is 6.86. The zero-order valence-corrected chi connectivity index (χ0v) is 16.2. The van der Waals surface area contributed by atoms with Crippen molar-refractivity contribution in [2.24, 2.45) is 5.41 Å². The van der Waals surface area contributed by atoms with Crippen LogP contribution in [0.25, 0.3) is 0 Å². The molecule has 4 radical (unpaired) electrons. The predicted octanol–water partition coefficient (Wildman–Crippen LogP) is 1.09. The molecular weight excluding hydrogens is 366 g/mol. The van der Waals surface area contributed by atoms with Gasteiger partial charge in [-0.2, -0.15) is 0 Å². The third-order valence-corrected chi connectivity index (χ3v) is 6.86. The van der Waals surface area contributed by atoms with Crippen molar-refractivity contribution >= 4 is 38.9 Å². The van der Waals surface area contributed by atoms with Crippen molar-refractivity contribution < 1.29 is 4.79 Å². The summed E-state index contributed by atoms with van der Waals surface area (Å²) in [4.78, 5) is 34.1. The number of rotatable bonds is 2. The van der Waals surface area contributed by atoms with Gasteiger partial charge in [0.1, 0.15) is 35.0 Å². The van der Waals surface area contributed by atoms with Gasteiger partial charge in [0.15, 0.2) is 0 Å². The fourth-order valence-electron chi connectivity index (χ4n) is 5.08. The topological polar surface area (TPSA) is 115 Å². The van der Waals surface area contributed by atoms with Crippen LogP contribution in [0.4, 0.5) is 17.3 Å². The van der Waals surface area contributed by atoms with E-state index in [0.29, 0.717) is 41.4 Å². The largest absolute Gasteiger partial charge is 0.384 e. The number of fused-ring (bicyclic) bond motifs is 2. The van der Waals surface area contributed by atoms with Crippen molar-refractivity contribution in [2.75, 3.05) is 11.1 Å². The lowest BCUT2D eigenvalue weighted by molar-refractivity contribution is 0.0819. The number of amides is 1. The highest BCUT2D eigenvalue weighted by Gasteiger charge is 2.62. The third kappa shape index (κ3) is 2.54. The summed E-state index contributed by atoms with van der Waals surface area (Å²) in [6.45, 7) is 1.82. The molecule has 0 aromatic carbocycles. The van der Waals surface area contributed by atoms with Crippen molar-refractivity contribution in [3.8, 4) is 0 Å². The second-order valence-electron chi connectivity index (χ2n) is 8.67. The number of nitrogens with one attached hydrogen (secondary N) is 2. The molecule has 0 saturated heterocycles. The first-order valence-electron chi connectivity index (χ1n) is 9.68. The van der Waals surface area contributed by atoms with Crippen LogP contribution in [0.3, 0.4) is 0 Å². The first kappa shape index (κ1) is 18.3. The lowest BCUT2D eigenvalue weighted by Crippen LogP contribution is -2.50. The Morgan fingerprint density at radius 3 is 2.48 bits per heavy atom. The minimum atomic E-state index is -0.749. The summed E-state index contributed by atoms with van der Waals surface area (Å²) in [7, 11) is 12.3. The summed E-state index contributed by atoms with van der Waals surface area (Å²) in [5.74, 6) is 0.483. The van der Waals surface area contributed by atoms with Gasteiger partial charge in [0.25, 0.3) is 11.5 Å². The van der Waals surface area contributed by atoms with E-state index in [4.69, 9.17) is 21.4 Å². The molecule has 144 valence electrons. The molecule has 4 N–H and O–H groups in total. The van der Waals surface area contributed by atoms with E-state index in [0.717, 1.165) is 19.3 Å². The van der Waals surface area contributed by atoms with Crippen LogP contribution in [-0.4, -0.2) is 36.1 Å². The number of carbonyl (C=O) groups is 1. The fourth-order valence-corrected chi connectivity index (χ4v) is 5.08. The van der Waals surface area contributed by atoms with Gasteiger partial charge in [-0.1, -0.05) is 11.6 Å². The Balaban J connectivity index is 1.55. The van der Waals surface area contributed by atoms with Gasteiger partial charge in [0.05, 0.1) is 15.7 Å². The lowest BCUT2D eigenvalue weighted by atomic mass is 9.58. The average molecular weight is 386 g/mol. The highest BCUT2D eigenvalue weighted by molar-refractivity contribution is 6.43. The first-order valence-corrected chi connectivity index (χ1v) is 9.68. The molecular formula is C19H20B2N6O2. The molecule has 2 aromatic heterocycles. The highest BCUT2D eigenvalue weighted by Crippen LogP contribution is 2.73. The molecule has 2 saturated carbocycles. The molecule has 2 spiro atoms. The van der Waals surface area contributed by atoms with E-state index in [1.54, 1.807) is 16.7 Å². The molecule has 1 amide bonds.